The lowest BCUT2D eigenvalue weighted by Crippen LogP contribution is -2.40. The van der Waals surface area contributed by atoms with Gasteiger partial charge in [0.15, 0.2) is 0 Å². The Kier molecular flexibility index (Phi) is 4.90. The number of primary amides is 1. The van der Waals surface area contributed by atoms with Crippen molar-refractivity contribution in [3.63, 3.8) is 0 Å². The molecule has 0 bridgehead atoms. The van der Waals surface area contributed by atoms with Gasteiger partial charge in [-0.25, -0.2) is 4.98 Å². The quantitative estimate of drug-likeness (QED) is 0.710. The van der Waals surface area contributed by atoms with Crippen molar-refractivity contribution < 1.29 is 9.59 Å². The van der Waals surface area contributed by atoms with Crippen LogP contribution in [0.3, 0.4) is 0 Å². The van der Waals surface area contributed by atoms with E-state index in [1.54, 1.807) is 17.0 Å². The average molecular weight is 379 g/mol. The number of benzene rings is 1. The number of nitrogens with two attached hydrogens (primary N) is 1. The summed E-state index contributed by atoms with van der Waals surface area (Å²) < 4.78 is 1.80. The average Bonchev–Trinajstić information content (AvgIpc) is 3.26. The monoisotopic (exact) mass is 379 g/mol. The number of likely N-dealkylation sites (tertiary alicyclic amines) is 1. The molecule has 1 fully saturated rings. The van der Waals surface area contributed by atoms with Crippen molar-refractivity contribution in [1.29, 1.82) is 0 Å². The molecular formula is C21H25N5O2. The molecule has 3 N–H and O–H groups in total. The second-order valence-corrected chi connectivity index (χ2v) is 7.51. The minimum Gasteiger partial charge on any atom is -0.368 e. The molecule has 1 aliphatic rings. The molecule has 0 saturated carbocycles. The van der Waals surface area contributed by atoms with Crippen LogP contribution in [0.5, 0.6) is 0 Å². The van der Waals surface area contributed by atoms with Crippen LogP contribution in [0, 0.1) is 6.92 Å². The number of aryl methyl sites for hydroxylation is 1. The summed E-state index contributed by atoms with van der Waals surface area (Å²) in [6, 6.07) is 8.08. The highest BCUT2D eigenvalue weighted by Crippen LogP contribution is 2.28. The number of piperidine rings is 1. The number of rotatable bonds is 5. The Morgan fingerprint density at radius 3 is 2.96 bits per heavy atom. The minimum absolute atomic E-state index is 0.119. The molecule has 146 valence electrons. The van der Waals surface area contributed by atoms with Gasteiger partial charge in [0.2, 0.25) is 11.8 Å². The summed E-state index contributed by atoms with van der Waals surface area (Å²) in [5, 5.41) is 1.11. The summed E-state index contributed by atoms with van der Waals surface area (Å²) in [7, 11) is 0. The summed E-state index contributed by atoms with van der Waals surface area (Å²) in [6.45, 7) is 3.51. The number of H-pyrrole nitrogens is 1. The number of aromatic nitrogens is 3. The first-order valence-electron chi connectivity index (χ1n) is 9.66. The number of hydrogen-bond acceptors (Lipinski definition) is 3. The normalized spacial score (nSPS) is 17.2. The number of nitrogens with one attached hydrogen (secondary N) is 1. The Balaban J connectivity index is 1.50. The molecule has 2 amide bonds. The first-order chi connectivity index (χ1) is 13.5. The van der Waals surface area contributed by atoms with E-state index in [-0.39, 0.29) is 18.4 Å². The Labute approximate surface area is 163 Å². The van der Waals surface area contributed by atoms with Crippen LogP contribution in [0.2, 0.25) is 0 Å². The minimum atomic E-state index is -0.391. The largest absolute Gasteiger partial charge is 0.368 e. The van der Waals surface area contributed by atoms with Crippen LogP contribution in [0.1, 0.15) is 35.8 Å². The molecule has 1 aliphatic heterocycles. The molecule has 1 saturated heterocycles. The molecule has 7 nitrogen and oxygen atoms in total. The Hall–Kier alpha value is -3.09. The predicted octanol–water partition coefficient (Wildman–Crippen LogP) is 2.11. The van der Waals surface area contributed by atoms with E-state index in [1.807, 2.05) is 30.0 Å². The molecule has 0 aliphatic carbocycles. The maximum atomic E-state index is 13.0. The molecule has 3 heterocycles. The number of carbonyl (C=O) groups excluding carboxylic acids is 2. The van der Waals surface area contributed by atoms with Gasteiger partial charge >= 0.3 is 0 Å². The lowest BCUT2D eigenvalue weighted by molar-refractivity contribution is -0.131. The van der Waals surface area contributed by atoms with E-state index in [9.17, 15) is 9.59 Å². The Morgan fingerprint density at radius 2 is 2.14 bits per heavy atom. The van der Waals surface area contributed by atoms with Gasteiger partial charge < -0.3 is 20.2 Å². The highest BCUT2D eigenvalue weighted by Gasteiger charge is 2.28. The van der Waals surface area contributed by atoms with Gasteiger partial charge in [0, 0.05) is 48.0 Å². The smallest absolute Gasteiger partial charge is 0.237 e. The number of para-hydroxylation sites is 1. The van der Waals surface area contributed by atoms with Crippen LogP contribution in [0.4, 0.5) is 0 Å². The van der Waals surface area contributed by atoms with Gasteiger partial charge in [-0.3, -0.25) is 9.59 Å². The van der Waals surface area contributed by atoms with Gasteiger partial charge in [0.1, 0.15) is 12.4 Å². The zero-order valence-electron chi connectivity index (χ0n) is 16.0. The number of imidazole rings is 1. The van der Waals surface area contributed by atoms with Crippen LogP contribution >= 0.6 is 0 Å². The van der Waals surface area contributed by atoms with Crippen molar-refractivity contribution in [2.75, 3.05) is 13.1 Å². The molecule has 0 spiro atoms. The SMILES string of the molecule is Cc1[nH]c2ccccc2c1CC(=O)N1CCC[C@@H](c2nccn2CC(N)=O)C1. The van der Waals surface area contributed by atoms with Crippen LogP contribution < -0.4 is 5.73 Å². The molecule has 2 aromatic heterocycles. The fraction of sp³-hybridized carbons (Fsp3) is 0.381. The van der Waals surface area contributed by atoms with Gasteiger partial charge in [-0.1, -0.05) is 18.2 Å². The Morgan fingerprint density at radius 1 is 1.32 bits per heavy atom. The number of amides is 2. The van der Waals surface area contributed by atoms with Crippen molar-refractivity contribution in [2.24, 2.45) is 5.73 Å². The first kappa shape index (κ1) is 18.3. The second-order valence-electron chi connectivity index (χ2n) is 7.51. The van der Waals surface area contributed by atoms with Gasteiger partial charge in [0.25, 0.3) is 0 Å². The molecule has 0 unspecified atom stereocenters. The molecule has 7 heteroatoms. The standard InChI is InChI=1S/C21H25N5O2/c1-14-17(16-6-2-3-7-18(16)24-14)11-20(28)25-9-4-5-15(12-25)21-23-8-10-26(21)13-19(22)27/h2-3,6-8,10,15,24H,4-5,9,11-13H2,1H3,(H2,22,27)/t15-/m1/s1. The molecule has 1 aromatic carbocycles. The van der Waals surface area contributed by atoms with Gasteiger partial charge in [0.05, 0.1) is 6.42 Å². The second kappa shape index (κ2) is 7.50. The zero-order valence-corrected chi connectivity index (χ0v) is 16.0. The zero-order chi connectivity index (χ0) is 19.7. The van der Waals surface area contributed by atoms with Crippen molar-refractivity contribution in [2.45, 2.75) is 38.6 Å². The highest BCUT2D eigenvalue weighted by atomic mass is 16.2. The number of fused-ring (bicyclic) bond motifs is 1. The van der Waals surface area contributed by atoms with E-state index < -0.39 is 5.91 Å². The number of aromatic amines is 1. The van der Waals surface area contributed by atoms with Crippen LogP contribution in [0.25, 0.3) is 10.9 Å². The lowest BCUT2D eigenvalue weighted by Gasteiger charge is -2.32. The molecule has 4 rings (SSSR count). The summed E-state index contributed by atoms with van der Waals surface area (Å²) in [5.74, 6) is 0.694. The third kappa shape index (κ3) is 3.52. The van der Waals surface area contributed by atoms with E-state index in [4.69, 9.17) is 5.73 Å². The van der Waals surface area contributed by atoms with Gasteiger partial charge in [-0.05, 0) is 31.4 Å². The van der Waals surface area contributed by atoms with Crippen LogP contribution in [0.15, 0.2) is 36.7 Å². The summed E-state index contributed by atoms with van der Waals surface area (Å²) in [6.07, 6.45) is 5.72. The van der Waals surface area contributed by atoms with E-state index in [0.29, 0.717) is 13.0 Å². The fourth-order valence-corrected chi connectivity index (χ4v) is 4.22. The highest BCUT2D eigenvalue weighted by molar-refractivity contribution is 5.90. The molecule has 28 heavy (non-hydrogen) atoms. The van der Waals surface area contributed by atoms with E-state index in [0.717, 1.165) is 47.4 Å². The topological polar surface area (TPSA) is 97.0 Å². The fourth-order valence-electron chi connectivity index (χ4n) is 4.22. The predicted molar refractivity (Wildman–Crippen MR) is 107 cm³/mol. The number of nitrogens with zero attached hydrogens (tertiary/aromatic N) is 3. The molecular weight excluding hydrogens is 354 g/mol. The van der Waals surface area contributed by atoms with Gasteiger partial charge in [-0.2, -0.15) is 0 Å². The summed E-state index contributed by atoms with van der Waals surface area (Å²) in [4.78, 5) is 34.1. The third-order valence-electron chi connectivity index (χ3n) is 5.57. The van der Waals surface area contributed by atoms with E-state index in [1.165, 1.54) is 0 Å². The maximum absolute atomic E-state index is 13.0. The molecule has 0 radical (unpaired) electrons. The number of hydrogen-bond donors (Lipinski definition) is 2. The molecule has 1 atom stereocenters. The van der Waals surface area contributed by atoms with Crippen molar-refractivity contribution in [3.05, 3.63) is 53.7 Å². The maximum Gasteiger partial charge on any atom is 0.237 e. The summed E-state index contributed by atoms with van der Waals surface area (Å²) in [5.41, 5.74) is 8.51. The van der Waals surface area contributed by atoms with Crippen molar-refractivity contribution in [3.8, 4) is 0 Å². The lowest BCUT2D eigenvalue weighted by atomic mass is 9.96. The van der Waals surface area contributed by atoms with Crippen molar-refractivity contribution in [1.82, 2.24) is 19.4 Å². The van der Waals surface area contributed by atoms with E-state index in [2.05, 4.69) is 16.0 Å². The third-order valence-corrected chi connectivity index (χ3v) is 5.57. The molecule has 3 aromatic rings. The van der Waals surface area contributed by atoms with E-state index >= 15 is 0 Å². The summed E-state index contributed by atoms with van der Waals surface area (Å²) >= 11 is 0. The Bertz CT molecular complexity index is 1020. The number of carbonyl (C=O) groups is 2. The first-order valence-corrected chi connectivity index (χ1v) is 9.66. The van der Waals surface area contributed by atoms with Crippen molar-refractivity contribution >= 4 is 22.7 Å². The van der Waals surface area contributed by atoms with Crippen LogP contribution in [-0.4, -0.2) is 44.3 Å². The van der Waals surface area contributed by atoms with Gasteiger partial charge in [-0.15, -0.1) is 0 Å². The van der Waals surface area contributed by atoms with Crippen LogP contribution in [-0.2, 0) is 22.6 Å².